The summed E-state index contributed by atoms with van der Waals surface area (Å²) in [5, 5.41) is 0. The van der Waals surface area contributed by atoms with Gasteiger partial charge in [-0.1, -0.05) is 43.8 Å². The van der Waals surface area contributed by atoms with Crippen molar-refractivity contribution in [1.29, 1.82) is 0 Å². The molecule has 0 atom stereocenters. The highest BCUT2D eigenvalue weighted by atomic mass is 32.2. The van der Waals surface area contributed by atoms with Gasteiger partial charge in [0.05, 0.1) is 0 Å². The Labute approximate surface area is 111 Å². The first-order chi connectivity index (χ1) is 8.17. The van der Waals surface area contributed by atoms with E-state index in [1.807, 2.05) is 17.8 Å². The standard InChI is InChI=1S/C16H24S/c1-5-7-10-15(6-2)17-16-11-8-9-14(12-16)13(3)4/h5-6,9,12-13H,1,7-8,10-11H2,2-4H3/b15-6+. The van der Waals surface area contributed by atoms with Crippen LogP contribution in [0, 0.1) is 5.92 Å². The van der Waals surface area contributed by atoms with Crippen molar-refractivity contribution in [2.75, 3.05) is 0 Å². The molecule has 0 radical (unpaired) electrons. The van der Waals surface area contributed by atoms with Gasteiger partial charge in [0.25, 0.3) is 0 Å². The molecule has 0 heterocycles. The molecule has 0 spiro atoms. The largest absolute Gasteiger partial charge is 0.103 e. The first-order valence-electron chi connectivity index (χ1n) is 6.52. The van der Waals surface area contributed by atoms with E-state index in [0.717, 1.165) is 12.8 Å². The molecule has 94 valence electrons. The van der Waals surface area contributed by atoms with Gasteiger partial charge in [0, 0.05) is 0 Å². The second-order valence-electron chi connectivity index (χ2n) is 4.69. The summed E-state index contributed by atoms with van der Waals surface area (Å²) in [6.07, 6.45) is 13.6. The average Bonchev–Trinajstić information content (AvgIpc) is 2.34. The summed E-state index contributed by atoms with van der Waals surface area (Å²) < 4.78 is 0. The molecule has 0 aromatic rings. The van der Waals surface area contributed by atoms with Crippen LogP contribution in [0.4, 0.5) is 0 Å². The molecule has 0 aromatic carbocycles. The predicted octanol–water partition coefficient (Wildman–Crippen LogP) is 5.85. The minimum Gasteiger partial charge on any atom is -0.103 e. The van der Waals surface area contributed by atoms with Gasteiger partial charge in [0.15, 0.2) is 0 Å². The molecule has 1 aliphatic rings. The molecular weight excluding hydrogens is 224 g/mol. The Kier molecular flexibility index (Phi) is 6.43. The van der Waals surface area contributed by atoms with Gasteiger partial charge in [0.1, 0.15) is 0 Å². The van der Waals surface area contributed by atoms with Gasteiger partial charge in [-0.2, -0.15) is 0 Å². The number of rotatable bonds is 6. The van der Waals surface area contributed by atoms with Gasteiger partial charge in [-0.3, -0.25) is 0 Å². The number of hydrogen-bond donors (Lipinski definition) is 0. The molecule has 17 heavy (non-hydrogen) atoms. The fourth-order valence-electron chi connectivity index (χ4n) is 1.85. The maximum atomic E-state index is 3.79. The smallest absolute Gasteiger partial charge is 0.00999 e. The third-order valence-corrected chi connectivity index (χ3v) is 4.23. The molecule has 0 unspecified atom stereocenters. The summed E-state index contributed by atoms with van der Waals surface area (Å²) >= 11 is 1.96. The van der Waals surface area contributed by atoms with Crippen molar-refractivity contribution < 1.29 is 0 Å². The summed E-state index contributed by atoms with van der Waals surface area (Å²) in [4.78, 5) is 2.99. The molecule has 0 aromatic heterocycles. The second kappa shape index (κ2) is 7.60. The van der Waals surface area contributed by atoms with Crippen molar-refractivity contribution >= 4 is 11.8 Å². The Morgan fingerprint density at radius 2 is 2.29 bits per heavy atom. The van der Waals surface area contributed by atoms with Crippen LogP contribution in [-0.4, -0.2) is 0 Å². The van der Waals surface area contributed by atoms with E-state index in [1.54, 1.807) is 0 Å². The van der Waals surface area contributed by atoms with Crippen LogP contribution in [0.3, 0.4) is 0 Å². The van der Waals surface area contributed by atoms with E-state index in [2.05, 4.69) is 45.6 Å². The molecule has 0 bridgehead atoms. The van der Waals surface area contributed by atoms with Gasteiger partial charge in [-0.15, -0.1) is 6.58 Å². The molecule has 0 N–H and O–H groups in total. The summed E-state index contributed by atoms with van der Waals surface area (Å²) in [5.74, 6) is 0.646. The molecule has 0 aliphatic heterocycles. The number of allylic oxidation sites excluding steroid dienone is 7. The maximum Gasteiger partial charge on any atom is -0.00999 e. The summed E-state index contributed by atoms with van der Waals surface area (Å²) in [7, 11) is 0. The fourth-order valence-corrected chi connectivity index (χ4v) is 2.94. The number of thioether (sulfide) groups is 1. The molecule has 1 rings (SSSR count). The lowest BCUT2D eigenvalue weighted by Gasteiger charge is -2.17. The monoisotopic (exact) mass is 248 g/mol. The molecular formula is C16H24S. The number of hydrogen-bond acceptors (Lipinski definition) is 1. The van der Waals surface area contributed by atoms with E-state index >= 15 is 0 Å². The van der Waals surface area contributed by atoms with Crippen LogP contribution in [0.15, 0.2) is 46.3 Å². The zero-order valence-electron chi connectivity index (χ0n) is 11.3. The lowest BCUT2D eigenvalue weighted by molar-refractivity contribution is 0.772. The van der Waals surface area contributed by atoms with Crippen molar-refractivity contribution in [2.45, 2.75) is 46.5 Å². The third kappa shape index (κ3) is 4.99. The van der Waals surface area contributed by atoms with Gasteiger partial charge in [0.2, 0.25) is 0 Å². The first kappa shape index (κ1) is 14.4. The minimum atomic E-state index is 0.646. The molecule has 0 nitrogen and oxygen atoms in total. The molecule has 1 heteroatoms. The third-order valence-electron chi connectivity index (χ3n) is 2.94. The molecule has 1 aliphatic carbocycles. The predicted molar refractivity (Wildman–Crippen MR) is 81.0 cm³/mol. The minimum absolute atomic E-state index is 0.646. The van der Waals surface area contributed by atoms with Crippen LogP contribution < -0.4 is 0 Å². The highest BCUT2D eigenvalue weighted by molar-refractivity contribution is 8.06. The Morgan fingerprint density at radius 3 is 2.88 bits per heavy atom. The van der Waals surface area contributed by atoms with Gasteiger partial charge < -0.3 is 0 Å². The Bertz CT molecular complexity index is 343. The summed E-state index contributed by atoms with van der Waals surface area (Å²) in [6, 6.07) is 0. The van der Waals surface area contributed by atoms with Gasteiger partial charge in [-0.05, 0) is 60.0 Å². The zero-order valence-corrected chi connectivity index (χ0v) is 12.1. The highest BCUT2D eigenvalue weighted by Gasteiger charge is 2.10. The van der Waals surface area contributed by atoms with Crippen LogP contribution in [0.2, 0.25) is 0 Å². The average molecular weight is 248 g/mol. The molecule has 0 saturated heterocycles. The second-order valence-corrected chi connectivity index (χ2v) is 5.95. The quantitative estimate of drug-likeness (QED) is 0.531. The lowest BCUT2D eigenvalue weighted by atomic mass is 9.97. The van der Waals surface area contributed by atoms with Crippen LogP contribution >= 0.6 is 11.8 Å². The summed E-state index contributed by atoms with van der Waals surface area (Å²) in [5.41, 5.74) is 1.50. The molecule has 0 saturated carbocycles. The van der Waals surface area contributed by atoms with E-state index < -0.39 is 0 Å². The Morgan fingerprint density at radius 1 is 1.53 bits per heavy atom. The lowest BCUT2D eigenvalue weighted by Crippen LogP contribution is -1.97. The highest BCUT2D eigenvalue weighted by Crippen LogP contribution is 2.36. The van der Waals surface area contributed by atoms with Crippen LogP contribution in [-0.2, 0) is 0 Å². The topological polar surface area (TPSA) is 0 Å². The van der Waals surface area contributed by atoms with E-state index in [-0.39, 0.29) is 0 Å². The van der Waals surface area contributed by atoms with E-state index in [4.69, 9.17) is 0 Å². The Hall–Kier alpha value is -0.690. The van der Waals surface area contributed by atoms with Crippen molar-refractivity contribution in [3.05, 3.63) is 46.3 Å². The van der Waals surface area contributed by atoms with Crippen molar-refractivity contribution in [1.82, 2.24) is 0 Å². The van der Waals surface area contributed by atoms with Gasteiger partial charge in [-0.25, -0.2) is 0 Å². The Balaban J connectivity index is 2.61. The SMILES string of the molecule is C=CCC/C(=C\C)SC1=CC(C(C)C)=CCC1. The normalized spacial score (nSPS) is 16.8. The van der Waals surface area contributed by atoms with Crippen LogP contribution in [0.25, 0.3) is 0 Å². The van der Waals surface area contributed by atoms with Crippen molar-refractivity contribution in [3.63, 3.8) is 0 Å². The fraction of sp³-hybridized carbons (Fsp3) is 0.500. The van der Waals surface area contributed by atoms with Gasteiger partial charge >= 0.3 is 0 Å². The molecule has 0 fully saturated rings. The zero-order chi connectivity index (χ0) is 12.7. The van der Waals surface area contributed by atoms with Crippen LogP contribution in [0.1, 0.15) is 46.5 Å². The summed E-state index contributed by atoms with van der Waals surface area (Å²) in [6.45, 7) is 10.5. The van der Waals surface area contributed by atoms with Crippen molar-refractivity contribution in [2.24, 2.45) is 5.92 Å². The maximum absolute atomic E-state index is 3.79. The van der Waals surface area contributed by atoms with Crippen molar-refractivity contribution in [3.8, 4) is 0 Å². The van der Waals surface area contributed by atoms with E-state index in [0.29, 0.717) is 5.92 Å². The van der Waals surface area contributed by atoms with E-state index in [1.165, 1.54) is 28.2 Å². The first-order valence-corrected chi connectivity index (χ1v) is 7.33. The van der Waals surface area contributed by atoms with E-state index in [9.17, 15) is 0 Å². The molecule has 0 amide bonds. The van der Waals surface area contributed by atoms with Crippen LogP contribution in [0.5, 0.6) is 0 Å².